The lowest BCUT2D eigenvalue weighted by Crippen LogP contribution is -2.18. The largest absolute Gasteiger partial charge is 0.456 e. The Balaban J connectivity index is 1.47. The lowest BCUT2D eigenvalue weighted by Gasteiger charge is -2.18. The van der Waals surface area contributed by atoms with Crippen molar-refractivity contribution >= 4 is 21.9 Å². The van der Waals surface area contributed by atoms with E-state index in [-0.39, 0.29) is 5.41 Å². The Morgan fingerprint density at radius 3 is 1.83 bits per heavy atom. The Bertz CT molecular complexity index is 1660. The molecule has 0 amide bonds. The number of benzene rings is 4. The molecule has 35 heavy (non-hydrogen) atoms. The van der Waals surface area contributed by atoms with Crippen LogP contribution in [0.15, 0.2) is 101 Å². The molecule has 0 bridgehead atoms. The SMILES string of the molecule is CC(C)(C)c1nc(-c2ccc(-c3ccccc3)cc2)nc(-c2ccc3oc4ccccc4c3c2)n1. The summed E-state index contributed by atoms with van der Waals surface area (Å²) >= 11 is 0. The molecule has 0 unspecified atom stereocenters. The van der Waals surface area contributed by atoms with Gasteiger partial charge in [0.05, 0.1) is 0 Å². The highest BCUT2D eigenvalue weighted by Gasteiger charge is 2.21. The number of hydrogen-bond donors (Lipinski definition) is 0. The Kier molecular flexibility index (Phi) is 4.96. The van der Waals surface area contributed by atoms with Gasteiger partial charge in [-0.1, -0.05) is 93.6 Å². The molecule has 0 atom stereocenters. The van der Waals surface area contributed by atoms with Gasteiger partial charge in [0.15, 0.2) is 11.6 Å². The number of rotatable bonds is 3. The summed E-state index contributed by atoms with van der Waals surface area (Å²) in [6.07, 6.45) is 0. The van der Waals surface area contributed by atoms with Crippen LogP contribution in [0, 0.1) is 0 Å². The fraction of sp³-hybridized carbons (Fsp3) is 0.129. The Hall–Kier alpha value is -4.31. The van der Waals surface area contributed by atoms with Crippen LogP contribution in [-0.4, -0.2) is 15.0 Å². The van der Waals surface area contributed by atoms with Gasteiger partial charge in [-0.3, -0.25) is 0 Å². The number of para-hydroxylation sites is 1. The van der Waals surface area contributed by atoms with E-state index in [2.05, 4.69) is 81.4 Å². The van der Waals surface area contributed by atoms with Gasteiger partial charge in [0.2, 0.25) is 0 Å². The number of aromatic nitrogens is 3. The second-order valence-electron chi connectivity index (χ2n) is 9.81. The Morgan fingerprint density at radius 1 is 0.514 bits per heavy atom. The van der Waals surface area contributed by atoms with Gasteiger partial charge in [-0.25, -0.2) is 15.0 Å². The summed E-state index contributed by atoms with van der Waals surface area (Å²) in [7, 11) is 0. The summed E-state index contributed by atoms with van der Waals surface area (Å²) in [5.74, 6) is 2.11. The van der Waals surface area contributed by atoms with Crippen LogP contribution >= 0.6 is 0 Å². The molecule has 0 spiro atoms. The van der Waals surface area contributed by atoms with E-state index in [1.807, 2.05) is 36.4 Å². The predicted octanol–water partition coefficient (Wildman–Crippen LogP) is 8.07. The second kappa shape index (κ2) is 8.17. The van der Waals surface area contributed by atoms with Gasteiger partial charge in [0.25, 0.3) is 0 Å². The van der Waals surface area contributed by atoms with Gasteiger partial charge in [0.1, 0.15) is 17.0 Å². The minimum atomic E-state index is -0.219. The summed E-state index contributed by atoms with van der Waals surface area (Å²) in [5, 5.41) is 2.15. The molecule has 2 heterocycles. The van der Waals surface area contributed by atoms with Crippen molar-refractivity contribution in [3.8, 4) is 33.9 Å². The Morgan fingerprint density at radius 2 is 1.09 bits per heavy atom. The highest BCUT2D eigenvalue weighted by Crippen LogP contribution is 2.33. The van der Waals surface area contributed by atoms with Crippen molar-refractivity contribution in [1.82, 2.24) is 15.0 Å². The summed E-state index contributed by atoms with van der Waals surface area (Å²) in [5.41, 5.74) is 5.78. The van der Waals surface area contributed by atoms with E-state index in [1.54, 1.807) is 0 Å². The van der Waals surface area contributed by atoms with E-state index in [0.717, 1.165) is 44.5 Å². The molecule has 0 fully saturated rings. The molecule has 0 N–H and O–H groups in total. The minimum Gasteiger partial charge on any atom is -0.456 e. The van der Waals surface area contributed by atoms with E-state index in [4.69, 9.17) is 19.4 Å². The van der Waals surface area contributed by atoms with E-state index in [0.29, 0.717) is 11.6 Å². The topological polar surface area (TPSA) is 51.8 Å². The predicted molar refractivity (Wildman–Crippen MR) is 142 cm³/mol. The van der Waals surface area contributed by atoms with Gasteiger partial charge < -0.3 is 4.42 Å². The number of nitrogens with zero attached hydrogens (tertiary/aromatic N) is 3. The van der Waals surface area contributed by atoms with Crippen LogP contribution < -0.4 is 0 Å². The van der Waals surface area contributed by atoms with Crippen LogP contribution in [0.25, 0.3) is 55.8 Å². The quantitative estimate of drug-likeness (QED) is 0.271. The second-order valence-corrected chi connectivity index (χ2v) is 9.81. The molecule has 6 aromatic rings. The molecule has 0 saturated carbocycles. The minimum absolute atomic E-state index is 0.219. The van der Waals surface area contributed by atoms with Gasteiger partial charge in [-0.2, -0.15) is 0 Å². The maximum atomic E-state index is 6.01. The van der Waals surface area contributed by atoms with Gasteiger partial charge in [-0.15, -0.1) is 0 Å². The fourth-order valence-electron chi connectivity index (χ4n) is 4.28. The van der Waals surface area contributed by atoms with Crippen molar-refractivity contribution in [1.29, 1.82) is 0 Å². The van der Waals surface area contributed by atoms with Crippen molar-refractivity contribution in [2.24, 2.45) is 0 Å². The first kappa shape index (κ1) is 21.2. The van der Waals surface area contributed by atoms with Gasteiger partial charge in [0, 0.05) is 27.3 Å². The zero-order valence-corrected chi connectivity index (χ0v) is 20.0. The third-order valence-electron chi connectivity index (χ3n) is 6.19. The van der Waals surface area contributed by atoms with E-state index in [1.165, 1.54) is 5.56 Å². The van der Waals surface area contributed by atoms with E-state index >= 15 is 0 Å². The molecule has 4 nitrogen and oxygen atoms in total. The lowest BCUT2D eigenvalue weighted by molar-refractivity contribution is 0.543. The highest BCUT2D eigenvalue weighted by molar-refractivity contribution is 6.06. The van der Waals surface area contributed by atoms with Crippen LogP contribution in [0.5, 0.6) is 0 Å². The summed E-state index contributed by atoms with van der Waals surface area (Å²) in [4.78, 5) is 14.7. The molecule has 6 rings (SSSR count). The molecular weight excluding hydrogens is 430 g/mol. The Labute approximate surface area is 204 Å². The average Bonchev–Trinajstić information content (AvgIpc) is 3.26. The lowest BCUT2D eigenvalue weighted by atomic mass is 9.95. The average molecular weight is 456 g/mol. The van der Waals surface area contributed by atoms with Crippen molar-refractivity contribution in [3.05, 3.63) is 103 Å². The normalized spacial score (nSPS) is 11.9. The van der Waals surface area contributed by atoms with Crippen LogP contribution in [0.2, 0.25) is 0 Å². The van der Waals surface area contributed by atoms with Crippen molar-refractivity contribution in [2.75, 3.05) is 0 Å². The van der Waals surface area contributed by atoms with Crippen molar-refractivity contribution in [2.45, 2.75) is 26.2 Å². The zero-order valence-electron chi connectivity index (χ0n) is 20.0. The van der Waals surface area contributed by atoms with Crippen LogP contribution in [0.4, 0.5) is 0 Å². The van der Waals surface area contributed by atoms with Crippen LogP contribution in [0.1, 0.15) is 26.6 Å². The first-order chi connectivity index (χ1) is 17.0. The maximum Gasteiger partial charge on any atom is 0.163 e. The molecular formula is C31H25N3O. The summed E-state index contributed by atoms with van der Waals surface area (Å²) in [6, 6.07) is 33.0. The third kappa shape index (κ3) is 3.97. The molecule has 0 aliphatic carbocycles. The van der Waals surface area contributed by atoms with Gasteiger partial charge in [-0.05, 0) is 35.4 Å². The third-order valence-corrected chi connectivity index (χ3v) is 6.19. The standard InChI is InChI=1S/C31H25N3O/c1-31(2,3)30-33-28(22-15-13-21(14-16-22)20-9-5-4-6-10-20)32-29(34-30)23-17-18-27-25(19-23)24-11-7-8-12-26(24)35-27/h4-19H,1-3H3. The molecule has 0 saturated heterocycles. The van der Waals surface area contributed by atoms with Crippen molar-refractivity contribution in [3.63, 3.8) is 0 Å². The number of hydrogen-bond acceptors (Lipinski definition) is 4. The van der Waals surface area contributed by atoms with E-state index in [9.17, 15) is 0 Å². The molecule has 0 aliphatic heterocycles. The highest BCUT2D eigenvalue weighted by atomic mass is 16.3. The first-order valence-electron chi connectivity index (χ1n) is 11.8. The molecule has 2 aromatic heterocycles. The van der Waals surface area contributed by atoms with E-state index < -0.39 is 0 Å². The van der Waals surface area contributed by atoms with Crippen LogP contribution in [0.3, 0.4) is 0 Å². The zero-order chi connectivity index (χ0) is 24.0. The maximum absolute atomic E-state index is 6.01. The molecule has 170 valence electrons. The molecule has 4 aromatic carbocycles. The molecule has 4 heteroatoms. The molecule has 0 radical (unpaired) electrons. The molecule has 0 aliphatic rings. The first-order valence-corrected chi connectivity index (χ1v) is 11.8. The number of fused-ring (bicyclic) bond motifs is 3. The summed E-state index contributed by atoms with van der Waals surface area (Å²) in [6.45, 7) is 6.38. The number of furan rings is 1. The smallest absolute Gasteiger partial charge is 0.163 e. The van der Waals surface area contributed by atoms with Crippen molar-refractivity contribution < 1.29 is 4.42 Å². The monoisotopic (exact) mass is 455 g/mol. The van der Waals surface area contributed by atoms with Crippen LogP contribution in [-0.2, 0) is 5.41 Å². The van der Waals surface area contributed by atoms with Gasteiger partial charge >= 0.3 is 0 Å². The fourth-order valence-corrected chi connectivity index (χ4v) is 4.28. The summed E-state index contributed by atoms with van der Waals surface area (Å²) < 4.78 is 6.01.